The van der Waals surface area contributed by atoms with Crippen molar-refractivity contribution in [3.05, 3.63) is 34.9 Å². The van der Waals surface area contributed by atoms with Crippen molar-refractivity contribution in [2.45, 2.75) is 52.6 Å². The van der Waals surface area contributed by atoms with Gasteiger partial charge in [-0.05, 0) is 49.8 Å². The molecule has 0 aliphatic rings. The molecule has 0 radical (unpaired) electrons. The molecule has 0 fully saturated rings. The molecule has 0 bridgehead atoms. The summed E-state index contributed by atoms with van der Waals surface area (Å²) in [6.45, 7) is 10.2. The van der Waals surface area contributed by atoms with Crippen molar-refractivity contribution >= 4 is 0 Å². The number of rotatable bonds is 3. The molecule has 0 saturated carbocycles. The van der Waals surface area contributed by atoms with Gasteiger partial charge in [0.1, 0.15) is 0 Å². The second kappa shape index (κ2) is 4.36. The summed E-state index contributed by atoms with van der Waals surface area (Å²) < 4.78 is 0. The smallest absolute Gasteiger partial charge is 0.0843 e. The zero-order chi connectivity index (χ0) is 11.6. The predicted octanol–water partition coefficient (Wildman–Crippen LogP) is 3.74. The zero-order valence-corrected chi connectivity index (χ0v) is 10.5. The predicted molar refractivity (Wildman–Crippen MR) is 65.1 cm³/mol. The molecule has 0 spiro atoms. The van der Waals surface area contributed by atoms with E-state index >= 15 is 0 Å². The van der Waals surface area contributed by atoms with E-state index in [1.165, 1.54) is 11.1 Å². The summed E-state index contributed by atoms with van der Waals surface area (Å²) in [5.41, 5.74) is 2.83. The van der Waals surface area contributed by atoms with Crippen molar-refractivity contribution in [3.8, 4) is 0 Å². The van der Waals surface area contributed by atoms with Crippen LogP contribution in [0.4, 0.5) is 0 Å². The van der Waals surface area contributed by atoms with Gasteiger partial charge in [-0.2, -0.15) is 0 Å². The third-order valence-electron chi connectivity index (χ3n) is 3.09. The highest BCUT2D eigenvalue weighted by molar-refractivity contribution is 5.35. The van der Waals surface area contributed by atoms with Gasteiger partial charge < -0.3 is 5.11 Å². The van der Waals surface area contributed by atoms with Gasteiger partial charge in [-0.25, -0.2) is 0 Å². The SMILES string of the molecule is CCC(C)c1ccc(C(C)(C)O)c(C)c1. The van der Waals surface area contributed by atoms with Crippen LogP contribution in [-0.2, 0) is 5.60 Å². The third kappa shape index (κ3) is 2.82. The summed E-state index contributed by atoms with van der Waals surface area (Å²) in [6, 6.07) is 6.38. The van der Waals surface area contributed by atoms with E-state index < -0.39 is 5.60 Å². The largest absolute Gasteiger partial charge is 0.386 e. The van der Waals surface area contributed by atoms with E-state index in [0.717, 1.165) is 12.0 Å². The van der Waals surface area contributed by atoms with Gasteiger partial charge in [0.2, 0.25) is 0 Å². The molecule has 1 aromatic rings. The topological polar surface area (TPSA) is 20.2 Å². The average molecular weight is 206 g/mol. The highest BCUT2D eigenvalue weighted by Gasteiger charge is 2.18. The second-order valence-corrected chi connectivity index (χ2v) is 4.94. The van der Waals surface area contributed by atoms with Gasteiger partial charge in [-0.3, -0.25) is 0 Å². The van der Waals surface area contributed by atoms with Crippen LogP contribution in [0, 0.1) is 6.92 Å². The van der Waals surface area contributed by atoms with Gasteiger partial charge in [0, 0.05) is 0 Å². The van der Waals surface area contributed by atoms with Crippen LogP contribution in [0.5, 0.6) is 0 Å². The lowest BCUT2D eigenvalue weighted by molar-refractivity contribution is 0.0779. The van der Waals surface area contributed by atoms with Gasteiger partial charge in [-0.1, -0.05) is 32.0 Å². The van der Waals surface area contributed by atoms with Crippen LogP contribution in [-0.4, -0.2) is 5.11 Å². The third-order valence-corrected chi connectivity index (χ3v) is 3.09. The first kappa shape index (κ1) is 12.3. The first-order chi connectivity index (χ1) is 6.86. The Kier molecular flexibility index (Phi) is 3.56. The maximum atomic E-state index is 9.96. The van der Waals surface area contributed by atoms with Crippen molar-refractivity contribution in [1.82, 2.24) is 0 Å². The average Bonchev–Trinajstić information content (AvgIpc) is 2.14. The monoisotopic (exact) mass is 206 g/mol. The fraction of sp³-hybridized carbons (Fsp3) is 0.571. The summed E-state index contributed by atoms with van der Waals surface area (Å²) in [6.07, 6.45) is 1.15. The van der Waals surface area contributed by atoms with E-state index in [2.05, 4.69) is 39.0 Å². The molecule has 1 unspecified atom stereocenters. The Hall–Kier alpha value is -0.820. The Labute approximate surface area is 93.1 Å². The molecule has 0 aliphatic heterocycles. The molecule has 0 aromatic heterocycles. The fourth-order valence-corrected chi connectivity index (χ4v) is 1.92. The Morgan fingerprint density at radius 1 is 1.33 bits per heavy atom. The number of aliphatic hydroxyl groups is 1. The van der Waals surface area contributed by atoms with E-state index in [1.807, 2.05) is 13.8 Å². The highest BCUT2D eigenvalue weighted by Crippen LogP contribution is 2.27. The van der Waals surface area contributed by atoms with Crippen molar-refractivity contribution in [1.29, 1.82) is 0 Å². The summed E-state index contributed by atoms with van der Waals surface area (Å²) in [5.74, 6) is 0.597. The Bertz CT molecular complexity index is 334. The van der Waals surface area contributed by atoms with Crippen molar-refractivity contribution < 1.29 is 5.11 Å². The fourth-order valence-electron chi connectivity index (χ4n) is 1.92. The summed E-state index contributed by atoms with van der Waals surface area (Å²) in [5, 5.41) is 9.96. The molecule has 1 N–H and O–H groups in total. The van der Waals surface area contributed by atoms with Crippen LogP contribution in [0.1, 0.15) is 56.7 Å². The van der Waals surface area contributed by atoms with Crippen molar-refractivity contribution in [3.63, 3.8) is 0 Å². The van der Waals surface area contributed by atoms with E-state index in [-0.39, 0.29) is 0 Å². The minimum atomic E-state index is -0.738. The Balaban J connectivity index is 3.09. The first-order valence-corrected chi connectivity index (χ1v) is 5.69. The van der Waals surface area contributed by atoms with Gasteiger partial charge in [0.25, 0.3) is 0 Å². The minimum absolute atomic E-state index is 0.597. The molecule has 0 heterocycles. The number of hydrogen-bond donors (Lipinski definition) is 1. The lowest BCUT2D eigenvalue weighted by Gasteiger charge is -2.22. The van der Waals surface area contributed by atoms with Crippen LogP contribution in [0.3, 0.4) is 0 Å². The van der Waals surface area contributed by atoms with Gasteiger partial charge in [-0.15, -0.1) is 0 Å². The summed E-state index contributed by atoms with van der Waals surface area (Å²) in [4.78, 5) is 0. The minimum Gasteiger partial charge on any atom is -0.386 e. The highest BCUT2D eigenvalue weighted by atomic mass is 16.3. The Morgan fingerprint density at radius 3 is 2.33 bits per heavy atom. The first-order valence-electron chi connectivity index (χ1n) is 5.69. The molecular weight excluding hydrogens is 184 g/mol. The summed E-state index contributed by atoms with van der Waals surface area (Å²) in [7, 11) is 0. The lowest BCUT2D eigenvalue weighted by atomic mass is 9.89. The number of benzene rings is 1. The molecule has 84 valence electrons. The van der Waals surface area contributed by atoms with E-state index in [9.17, 15) is 5.11 Å². The second-order valence-electron chi connectivity index (χ2n) is 4.94. The zero-order valence-electron chi connectivity index (χ0n) is 10.5. The molecular formula is C14H22O. The molecule has 0 amide bonds. The molecule has 0 aliphatic carbocycles. The van der Waals surface area contributed by atoms with Gasteiger partial charge in [0.05, 0.1) is 5.60 Å². The van der Waals surface area contributed by atoms with Gasteiger partial charge >= 0.3 is 0 Å². The molecule has 1 heteroatoms. The molecule has 15 heavy (non-hydrogen) atoms. The van der Waals surface area contributed by atoms with Crippen LogP contribution >= 0.6 is 0 Å². The molecule has 1 rings (SSSR count). The van der Waals surface area contributed by atoms with Crippen molar-refractivity contribution in [2.24, 2.45) is 0 Å². The molecule has 0 saturated heterocycles. The van der Waals surface area contributed by atoms with Crippen LogP contribution in [0.15, 0.2) is 18.2 Å². The molecule has 1 aromatic carbocycles. The molecule has 1 nitrogen and oxygen atoms in total. The molecule has 1 atom stereocenters. The maximum Gasteiger partial charge on any atom is 0.0843 e. The number of hydrogen-bond acceptors (Lipinski definition) is 1. The lowest BCUT2D eigenvalue weighted by Crippen LogP contribution is -2.17. The summed E-state index contributed by atoms with van der Waals surface area (Å²) >= 11 is 0. The van der Waals surface area contributed by atoms with E-state index in [1.54, 1.807) is 0 Å². The van der Waals surface area contributed by atoms with Crippen molar-refractivity contribution in [2.75, 3.05) is 0 Å². The van der Waals surface area contributed by atoms with Crippen LogP contribution < -0.4 is 0 Å². The standard InChI is InChI=1S/C14H22O/c1-6-10(2)12-7-8-13(11(3)9-12)14(4,5)15/h7-10,15H,6H2,1-5H3. The maximum absolute atomic E-state index is 9.96. The Morgan fingerprint density at radius 2 is 1.93 bits per heavy atom. The van der Waals surface area contributed by atoms with Crippen LogP contribution in [0.25, 0.3) is 0 Å². The normalized spacial score (nSPS) is 14.0. The van der Waals surface area contributed by atoms with E-state index in [0.29, 0.717) is 5.92 Å². The van der Waals surface area contributed by atoms with E-state index in [4.69, 9.17) is 0 Å². The van der Waals surface area contributed by atoms with Gasteiger partial charge in [0.15, 0.2) is 0 Å². The number of aryl methyl sites for hydroxylation is 1. The van der Waals surface area contributed by atoms with Crippen LogP contribution in [0.2, 0.25) is 0 Å². The quantitative estimate of drug-likeness (QED) is 0.798.